The Bertz CT molecular complexity index is 351. The summed E-state index contributed by atoms with van der Waals surface area (Å²) in [7, 11) is 4.39. The van der Waals surface area contributed by atoms with E-state index in [1.807, 2.05) is 0 Å². The molecule has 0 aliphatic rings. The highest BCUT2D eigenvalue weighted by atomic mass is 79.9. The highest BCUT2D eigenvalue weighted by Gasteiger charge is 2.33. The van der Waals surface area contributed by atoms with Crippen molar-refractivity contribution in [3.63, 3.8) is 0 Å². The van der Waals surface area contributed by atoms with Crippen LogP contribution >= 0.6 is 15.9 Å². The molecule has 0 amide bonds. The van der Waals surface area contributed by atoms with E-state index in [1.165, 1.54) is 21.3 Å². The van der Waals surface area contributed by atoms with Crippen LogP contribution in [0.4, 0.5) is 0 Å². The zero-order chi connectivity index (χ0) is 12.2. The van der Waals surface area contributed by atoms with Gasteiger partial charge in [0.25, 0.3) is 0 Å². The highest BCUT2D eigenvalue weighted by molar-refractivity contribution is 9.09. The number of methoxy groups -OCH3 is 3. The number of halogens is 1. The second-order valence-electron chi connectivity index (χ2n) is 3.07. The molecule has 6 heteroatoms. The molecule has 1 aromatic rings. The Kier molecular flexibility index (Phi) is 4.52. The minimum absolute atomic E-state index is 0.358. The third-order valence-corrected chi connectivity index (χ3v) is 3.08. The fourth-order valence-corrected chi connectivity index (χ4v) is 2.09. The number of H-pyrrole nitrogens is 1. The smallest absolute Gasteiger partial charge is 0.354 e. The van der Waals surface area contributed by atoms with Gasteiger partial charge in [0.05, 0.1) is 18.1 Å². The van der Waals surface area contributed by atoms with Gasteiger partial charge in [-0.05, 0) is 12.1 Å². The van der Waals surface area contributed by atoms with Gasteiger partial charge in [0.1, 0.15) is 5.69 Å². The number of esters is 1. The molecular formula is C10H14BrNO4. The van der Waals surface area contributed by atoms with Crippen molar-refractivity contribution in [1.82, 2.24) is 4.98 Å². The third-order valence-electron chi connectivity index (χ3n) is 2.34. The molecule has 0 fully saturated rings. The van der Waals surface area contributed by atoms with Gasteiger partial charge in [-0.25, -0.2) is 4.79 Å². The number of hydrogen-bond donors (Lipinski definition) is 1. The first kappa shape index (κ1) is 13.2. The van der Waals surface area contributed by atoms with Crippen molar-refractivity contribution in [3.8, 4) is 0 Å². The lowest BCUT2D eigenvalue weighted by atomic mass is 10.2. The van der Waals surface area contributed by atoms with Crippen molar-refractivity contribution in [2.24, 2.45) is 0 Å². The van der Waals surface area contributed by atoms with Gasteiger partial charge in [-0.2, -0.15) is 0 Å². The maximum atomic E-state index is 11.3. The second-order valence-corrected chi connectivity index (χ2v) is 3.63. The van der Waals surface area contributed by atoms with Crippen molar-refractivity contribution >= 4 is 21.9 Å². The average molecular weight is 292 g/mol. The number of nitrogens with one attached hydrogen (secondary N) is 1. The molecule has 0 spiro atoms. The topological polar surface area (TPSA) is 60.6 Å². The molecular weight excluding hydrogens is 278 g/mol. The van der Waals surface area contributed by atoms with Crippen LogP contribution in [0.25, 0.3) is 0 Å². The summed E-state index contributed by atoms with van der Waals surface area (Å²) < 4.78 is 15.2. The fourth-order valence-electron chi connectivity index (χ4n) is 1.33. The van der Waals surface area contributed by atoms with Crippen molar-refractivity contribution in [2.45, 2.75) is 5.79 Å². The van der Waals surface area contributed by atoms with E-state index >= 15 is 0 Å². The van der Waals surface area contributed by atoms with Gasteiger partial charge >= 0.3 is 5.97 Å². The van der Waals surface area contributed by atoms with Crippen LogP contribution in [0.1, 0.15) is 16.2 Å². The van der Waals surface area contributed by atoms with Gasteiger partial charge in [-0.1, -0.05) is 15.9 Å². The molecule has 0 aliphatic heterocycles. The van der Waals surface area contributed by atoms with E-state index in [9.17, 15) is 4.79 Å². The summed E-state index contributed by atoms with van der Waals surface area (Å²) in [6.07, 6.45) is 0. The maximum absolute atomic E-state index is 11.3. The summed E-state index contributed by atoms with van der Waals surface area (Å²) >= 11 is 3.31. The Labute approximate surface area is 102 Å². The minimum Gasteiger partial charge on any atom is -0.464 e. The van der Waals surface area contributed by atoms with Gasteiger partial charge in [0.15, 0.2) is 0 Å². The Morgan fingerprint density at radius 3 is 2.44 bits per heavy atom. The average Bonchev–Trinajstić information content (AvgIpc) is 2.81. The van der Waals surface area contributed by atoms with E-state index in [0.717, 1.165) is 0 Å². The molecule has 0 bridgehead atoms. The highest BCUT2D eigenvalue weighted by Crippen LogP contribution is 2.27. The monoisotopic (exact) mass is 291 g/mol. The van der Waals surface area contributed by atoms with Crippen LogP contribution in [0.15, 0.2) is 12.1 Å². The molecule has 1 rings (SSSR count). The van der Waals surface area contributed by atoms with E-state index in [1.54, 1.807) is 12.1 Å². The number of carbonyl (C=O) groups excluding carboxylic acids is 1. The molecule has 5 nitrogen and oxygen atoms in total. The largest absolute Gasteiger partial charge is 0.464 e. The fraction of sp³-hybridized carbons (Fsp3) is 0.500. The summed E-state index contributed by atoms with van der Waals surface area (Å²) in [6, 6.07) is 3.34. The molecule has 1 aromatic heterocycles. The zero-order valence-electron chi connectivity index (χ0n) is 9.37. The van der Waals surface area contributed by atoms with Crippen molar-refractivity contribution < 1.29 is 19.0 Å². The third kappa shape index (κ3) is 2.28. The lowest BCUT2D eigenvalue weighted by Gasteiger charge is -2.27. The molecule has 0 aromatic carbocycles. The van der Waals surface area contributed by atoms with E-state index in [4.69, 9.17) is 9.47 Å². The van der Waals surface area contributed by atoms with Crippen molar-refractivity contribution in [1.29, 1.82) is 0 Å². The van der Waals surface area contributed by atoms with Gasteiger partial charge in [0.2, 0.25) is 5.79 Å². The van der Waals surface area contributed by atoms with E-state index < -0.39 is 11.8 Å². The summed E-state index contributed by atoms with van der Waals surface area (Å²) in [4.78, 5) is 14.2. The Morgan fingerprint density at radius 1 is 1.38 bits per heavy atom. The predicted molar refractivity (Wildman–Crippen MR) is 61.6 cm³/mol. The van der Waals surface area contributed by atoms with Crippen LogP contribution in [0, 0.1) is 0 Å². The molecule has 0 radical (unpaired) electrons. The molecule has 0 atom stereocenters. The van der Waals surface area contributed by atoms with Crippen LogP contribution in [-0.2, 0) is 20.0 Å². The van der Waals surface area contributed by atoms with Gasteiger partial charge in [0, 0.05) is 14.2 Å². The standard InChI is InChI=1S/C10H14BrNO4/c1-14-9(13)7-4-5-8(12-7)10(6-11,15-2)16-3/h4-5,12H,6H2,1-3H3. The van der Waals surface area contributed by atoms with Crippen molar-refractivity contribution in [3.05, 3.63) is 23.5 Å². The van der Waals surface area contributed by atoms with Crippen LogP contribution in [0.5, 0.6) is 0 Å². The summed E-state index contributed by atoms with van der Waals surface area (Å²) in [5.41, 5.74) is 1.01. The van der Waals surface area contributed by atoms with Crippen molar-refractivity contribution in [2.75, 3.05) is 26.7 Å². The summed E-state index contributed by atoms with van der Waals surface area (Å²) in [5.74, 6) is -1.35. The summed E-state index contributed by atoms with van der Waals surface area (Å²) in [6.45, 7) is 0. The van der Waals surface area contributed by atoms with Gasteiger partial charge in [-0.15, -0.1) is 0 Å². The number of rotatable bonds is 5. The Morgan fingerprint density at radius 2 is 2.00 bits per heavy atom. The van der Waals surface area contributed by atoms with Crippen LogP contribution in [-0.4, -0.2) is 37.6 Å². The second kappa shape index (κ2) is 5.47. The number of alkyl halides is 1. The number of hydrogen-bond acceptors (Lipinski definition) is 4. The molecule has 90 valence electrons. The van der Waals surface area contributed by atoms with Crippen LogP contribution < -0.4 is 0 Å². The minimum atomic E-state index is -0.924. The first-order valence-corrected chi connectivity index (χ1v) is 5.69. The maximum Gasteiger partial charge on any atom is 0.354 e. The number of ether oxygens (including phenoxy) is 3. The van der Waals surface area contributed by atoms with E-state index in [0.29, 0.717) is 16.7 Å². The number of aromatic amines is 1. The molecule has 0 aliphatic carbocycles. The normalized spacial score (nSPS) is 11.5. The van der Waals surface area contributed by atoms with Crippen LogP contribution in [0.2, 0.25) is 0 Å². The zero-order valence-corrected chi connectivity index (χ0v) is 11.0. The van der Waals surface area contributed by atoms with E-state index in [2.05, 4.69) is 25.7 Å². The lowest BCUT2D eigenvalue weighted by Crippen LogP contribution is -2.33. The molecule has 1 heterocycles. The Hall–Kier alpha value is -0.850. The number of aromatic nitrogens is 1. The molecule has 0 saturated heterocycles. The molecule has 1 N–H and O–H groups in total. The quantitative estimate of drug-likeness (QED) is 0.509. The van der Waals surface area contributed by atoms with Crippen LogP contribution in [0.3, 0.4) is 0 Å². The molecule has 0 saturated carbocycles. The van der Waals surface area contributed by atoms with Gasteiger partial charge in [-0.3, -0.25) is 0 Å². The Balaban J connectivity index is 3.03. The van der Waals surface area contributed by atoms with E-state index in [-0.39, 0.29) is 0 Å². The summed E-state index contributed by atoms with van der Waals surface area (Å²) in [5, 5.41) is 0.439. The van der Waals surface area contributed by atoms with Gasteiger partial charge < -0.3 is 19.2 Å². The lowest BCUT2D eigenvalue weighted by molar-refractivity contribution is -0.199. The molecule has 0 unspecified atom stereocenters. The predicted octanol–water partition coefficient (Wildman–Crippen LogP) is 1.64. The first-order valence-electron chi connectivity index (χ1n) is 4.57. The number of carbonyl (C=O) groups is 1. The SMILES string of the molecule is COC(=O)c1ccc(C(CBr)(OC)OC)[nH]1. The first-order chi connectivity index (χ1) is 7.63. The molecule has 16 heavy (non-hydrogen) atoms.